The number of halogens is 1. The zero-order chi connectivity index (χ0) is 13.9. The molecule has 0 spiro atoms. The second-order valence-electron chi connectivity index (χ2n) is 4.55. The van der Waals surface area contributed by atoms with Gasteiger partial charge >= 0.3 is 0 Å². The van der Waals surface area contributed by atoms with Gasteiger partial charge in [0, 0.05) is 10.5 Å². The van der Waals surface area contributed by atoms with Crippen LogP contribution in [0.25, 0.3) is 0 Å². The molecule has 1 rings (SSSR count). The third-order valence-electron chi connectivity index (χ3n) is 2.55. The Bertz CT molecular complexity index is 447. The molecule has 4 N–H and O–H groups in total. The van der Waals surface area contributed by atoms with Gasteiger partial charge in [0.15, 0.2) is 6.10 Å². The Morgan fingerprint density at radius 2 is 2.06 bits per heavy atom. The summed E-state index contributed by atoms with van der Waals surface area (Å²) >= 11 is 3.44. The van der Waals surface area contributed by atoms with Crippen molar-refractivity contribution in [3.05, 3.63) is 27.7 Å². The molecule has 18 heavy (non-hydrogen) atoms. The van der Waals surface area contributed by atoms with E-state index in [9.17, 15) is 4.79 Å². The first kappa shape index (κ1) is 15.0. The van der Waals surface area contributed by atoms with Crippen molar-refractivity contribution in [2.75, 3.05) is 0 Å². The summed E-state index contributed by atoms with van der Waals surface area (Å²) in [5.74, 6) is 0.214. The molecular weight excluding hydrogens is 296 g/mol. The molecule has 1 amide bonds. The molecule has 100 valence electrons. The van der Waals surface area contributed by atoms with E-state index in [2.05, 4.69) is 15.9 Å². The van der Waals surface area contributed by atoms with Gasteiger partial charge in [-0.2, -0.15) is 0 Å². The summed E-state index contributed by atoms with van der Waals surface area (Å²) in [6, 6.07) is 3.91. The molecule has 1 aromatic rings. The number of aryl methyl sites for hydroxylation is 1. The van der Waals surface area contributed by atoms with Gasteiger partial charge in [-0.05, 0) is 50.5 Å². The van der Waals surface area contributed by atoms with Crippen LogP contribution in [-0.4, -0.2) is 18.1 Å². The molecule has 0 heterocycles. The lowest BCUT2D eigenvalue weighted by molar-refractivity contribution is -0.124. The summed E-state index contributed by atoms with van der Waals surface area (Å²) in [5, 5.41) is 0. The lowest BCUT2D eigenvalue weighted by Crippen LogP contribution is -2.31. The molecule has 0 aromatic heterocycles. The van der Waals surface area contributed by atoms with Gasteiger partial charge in [-0.15, -0.1) is 0 Å². The van der Waals surface area contributed by atoms with E-state index in [-0.39, 0.29) is 6.04 Å². The number of carbonyl (C=O) groups is 1. The Balaban J connectivity index is 3.10. The third-order valence-corrected chi connectivity index (χ3v) is 3.01. The van der Waals surface area contributed by atoms with Gasteiger partial charge in [0.2, 0.25) is 0 Å². The standard InChI is InChI=1S/C13H19BrN2O2/c1-7-4-11(14)6-10(5-8(2)15)12(7)18-9(3)13(16)17/h4,6,8-9H,5,15H2,1-3H3,(H2,16,17). The molecule has 2 atom stereocenters. The molecular formula is C13H19BrN2O2. The van der Waals surface area contributed by atoms with Crippen LogP contribution >= 0.6 is 15.9 Å². The predicted octanol–water partition coefficient (Wildman–Crippen LogP) is 1.90. The van der Waals surface area contributed by atoms with E-state index in [0.29, 0.717) is 12.2 Å². The molecule has 0 bridgehead atoms. The van der Waals surface area contributed by atoms with Gasteiger partial charge in [0.1, 0.15) is 5.75 Å². The minimum Gasteiger partial charge on any atom is -0.480 e. The first-order chi connectivity index (χ1) is 8.31. The number of hydrogen-bond donors (Lipinski definition) is 2. The van der Waals surface area contributed by atoms with Crippen molar-refractivity contribution in [2.24, 2.45) is 11.5 Å². The number of carbonyl (C=O) groups excluding carboxylic acids is 1. The monoisotopic (exact) mass is 314 g/mol. The van der Waals surface area contributed by atoms with E-state index in [0.717, 1.165) is 15.6 Å². The lowest BCUT2D eigenvalue weighted by Gasteiger charge is -2.19. The summed E-state index contributed by atoms with van der Waals surface area (Å²) < 4.78 is 6.61. The average Bonchev–Trinajstić information content (AvgIpc) is 2.21. The molecule has 0 radical (unpaired) electrons. The number of ether oxygens (including phenoxy) is 1. The van der Waals surface area contributed by atoms with Crippen molar-refractivity contribution in [1.29, 1.82) is 0 Å². The molecule has 5 heteroatoms. The van der Waals surface area contributed by atoms with Crippen molar-refractivity contribution < 1.29 is 9.53 Å². The van der Waals surface area contributed by atoms with E-state index in [1.807, 2.05) is 26.0 Å². The van der Waals surface area contributed by atoms with E-state index in [1.165, 1.54) is 0 Å². The van der Waals surface area contributed by atoms with Crippen LogP contribution in [0, 0.1) is 6.92 Å². The van der Waals surface area contributed by atoms with Crippen molar-refractivity contribution in [3.63, 3.8) is 0 Å². The van der Waals surface area contributed by atoms with E-state index in [4.69, 9.17) is 16.2 Å². The smallest absolute Gasteiger partial charge is 0.258 e. The maximum absolute atomic E-state index is 11.1. The normalized spacial score (nSPS) is 14.1. The second-order valence-corrected chi connectivity index (χ2v) is 5.47. The van der Waals surface area contributed by atoms with Crippen LogP contribution in [0.15, 0.2) is 16.6 Å². The van der Waals surface area contributed by atoms with Gasteiger partial charge in [-0.25, -0.2) is 0 Å². The van der Waals surface area contributed by atoms with Crippen LogP contribution < -0.4 is 16.2 Å². The summed E-state index contributed by atoms with van der Waals surface area (Å²) in [4.78, 5) is 11.1. The van der Waals surface area contributed by atoms with Gasteiger partial charge in [0.25, 0.3) is 5.91 Å². The fourth-order valence-corrected chi connectivity index (χ4v) is 2.32. The Kier molecular flexibility index (Phi) is 5.16. The quantitative estimate of drug-likeness (QED) is 0.871. The Morgan fingerprint density at radius 1 is 1.44 bits per heavy atom. The number of hydrogen-bond acceptors (Lipinski definition) is 3. The van der Waals surface area contributed by atoms with Crippen molar-refractivity contribution in [2.45, 2.75) is 39.3 Å². The van der Waals surface area contributed by atoms with E-state index in [1.54, 1.807) is 6.92 Å². The predicted molar refractivity (Wildman–Crippen MR) is 75.5 cm³/mol. The molecule has 0 aliphatic rings. The first-order valence-corrected chi connectivity index (χ1v) is 6.61. The minimum atomic E-state index is -0.656. The topological polar surface area (TPSA) is 78.3 Å². The van der Waals surface area contributed by atoms with Crippen LogP contribution in [0.2, 0.25) is 0 Å². The number of primary amides is 1. The largest absolute Gasteiger partial charge is 0.480 e. The molecule has 0 fully saturated rings. The summed E-state index contributed by atoms with van der Waals surface area (Å²) in [5.41, 5.74) is 13.0. The molecule has 0 aliphatic heterocycles. The fourth-order valence-electron chi connectivity index (χ4n) is 1.70. The molecule has 0 aliphatic carbocycles. The van der Waals surface area contributed by atoms with E-state index < -0.39 is 12.0 Å². The lowest BCUT2D eigenvalue weighted by atomic mass is 10.0. The summed E-state index contributed by atoms with van der Waals surface area (Å²) in [6.07, 6.45) is 0.0258. The summed E-state index contributed by atoms with van der Waals surface area (Å²) in [6.45, 7) is 5.50. The van der Waals surface area contributed by atoms with Crippen molar-refractivity contribution in [1.82, 2.24) is 0 Å². The molecule has 2 unspecified atom stereocenters. The highest BCUT2D eigenvalue weighted by Crippen LogP contribution is 2.29. The molecule has 0 saturated heterocycles. The number of amides is 1. The van der Waals surface area contributed by atoms with Crippen molar-refractivity contribution in [3.8, 4) is 5.75 Å². The van der Waals surface area contributed by atoms with Crippen LogP contribution in [-0.2, 0) is 11.2 Å². The zero-order valence-electron chi connectivity index (χ0n) is 10.9. The highest BCUT2D eigenvalue weighted by atomic mass is 79.9. The fraction of sp³-hybridized carbons (Fsp3) is 0.462. The first-order valence-electron chi connectivity index (χ1n) is 5.81. The highest BCUT2D eigenvalue weighted by molar-refractivity contribution is 9.10. The van der Waals surface area contributed by atoms with Crippen LogP contribution in [0.5, 0.6) is 5.75 Å². The Morgan fingerprint density at radius 3 is 2.56 bits per heavy atom. The Hall–Kier alpha value is -1.07. The SMILES string of the molecule is Cc1cc(Br)cc(CC(C)N)c1OC(C)C(N)=O. The summed E-state index contributed by atoms with van der Waals surface area (Å²) in [7, 11) is 0. The van der Waals surface area contributed by atoms with Gasteiger partial charge < -0.3 is 16.2 Å². The number of nitrogens with two attached hydrogens (primary N) is 2. The minimum absolute atomic E-state index is 0.0185. The highest BCUT2D eigenvalue weighted by Gasteiger charge is 2.16. The van der Waals surface area contributed by atoms with Gasteiger partial charge in [0.05, 0.1) is 0 Å². The third kappa shape index (κ3) is 3.99. The number of rotatable bonds is 5. The Labute approximate surface area is 116 Å². The zero-order valence-corrected chi connectivity index (χ0v) is 12.5. The van der Waals surface area contributed by atoms with Crippen LogP contribution in [0.3, 0.4) is 0 Å². The van der Waals surface area contributed by atoms with Crippen molar-refractivity contribution >= 4 is 21.8 Å². The van der Waals surface area contributed by atoms with Gasteiger partial charge in [-0.1, -0.05) is 15.9 Å². The van der Waals surface area contributed by atoms with Crippen LogP contribution in [0.1, 0.15) is 25.0 Å². The molecule has 0 saturated carbocycles. The maximum Gasteiger partial charge on any atom is 0.258 e. The average molecular weight is 315 g/mol. The second kappa shape index (κ2) is 6.20. The van der Waals surface area contributed by atoms with Gasteiger partial charge in [-0.3, -0.25) is 4.79 Å². The number of benzene rings is 1. The van der Waals surface area contributed by atoms with Crippen LogP contribution in [0.4, 0.5) is 0 Å². The molecule has 4 nitrogen and oxygen atoms in total. The maximum atomic E-state index is 11.1. The van der Waals surface area contributed by atoms with E-state index >= 15 is 0 Å². The molecule has 1 aromatic carbocycles.